The fourth-order valence-corrected chi connectivity index (χ4v) is 6.07. The predicted molar refractivity (Wildman–Crippen MR) is 173 cm³/mol. The largest absolute Gasteiger partial charge is 0.479 e. The first kappa shape index (κ1) is 33.5. The van der Waals surface area contributed by atoms with Crippen LogP contribution in [0, 0.1) is 18.3 Å². The van der Waals surface area contributed by atoms with Crippen LogP contribution in [0.4, 0.5) is 10.6 Å². The molecule has 1 saturated carbocycles. The third-order valence-electron chi connectivity index (χ3n) is 8.49. The molecule has 5 atom stereocenters. The summed E-state index contributed by atoms with van der Waals surface area (Å²) in [6, 6.07) is 5.20. The number of carboxylic acids is 1. The van der Waals surface area contributed by atoms with E-state index in [4.69, 9.17) is 15.9 Å². The van der Waals surface area contributed by atoms with Gasteiger partial charge in [-0.1, -0.05) is 43.0 Å². The molecular weight excluding hydrogens is 604 g/mol. The molecule has 3 unspecified atom stereocenters. The van der Waals surface area contributed by atoms with Crippen LogP contribution >= 0.6 is 0 Å². The van der Waals surface area contributed by atoms with Crippen molar-refractivity contribution in [2.75, 3.05) is 18.4 Å². The number of nitrogens with one attached hydrogen (secondary N) is 3. The first-order chi connectivity index (χ1) is 22.4. The second-order valence-corrected chi connectivity index (χ2v) is 13.2. The zero-order valence-electron chi connectivity index (χ0n) is 27.0. The average Bonchev–Trinajstić information content (AvgIpc) is 3.54. The standard InChI is InChI=1S/C34H42N6O7/c1-5-17-35-27-29(37-24-15-12-11-14-23(24)36-27)46-22-18-26-28(41)39-34(31(43)44)19-21(34)13-9-7-6-8-10-16-25(30(42)40(26)20-22)38-32(45)47-33(2,3)4/h1,9,11-15,21-22,25-26H,6-8,10,16-20H2,2-4H3,(H,35,36)(H,38,45)(H,39,41)(H,43,44)/b13-9-/t21?,22-,25+,26?,34?/m1/s1. The van der Waals surface area contributed by atoms with Crippen LogP contribution in [0.5, 0.6) is 5.88 Å². The van der Waals surface area contributed by atoms with Crippen LogP contribution < -0.4 is 20.7 Å². The van der Waals surface area contributed by atoms with Crippen molar-refractivity contribution in [3.05, 3.63) is 36.4 Å². The summed E-state index contributed by atoms with van der Waals surface area (Å²) in [6.07, 6.45) is 11.5. The van der Waals surface area contributed by atoms with E-state index in [0.717, 1.165) is 19.3 Å². The Morgan fingerprint density at radius 3 is 2.62 bits per heavy atom. The van der Waals surface area contributed by atoms with E-state index in [1.165, 1.54) is 4.90 Å². The Kier molecular flexibility index (Phi) is 9.88. The maximum absolute atomic E-state index is 14.2. The number of terminal acetylenes is 1. The highest BCUT2D eigenvalue weighted by molar-refractivity contribution is 5.96. The van der Waals surface area contributed by atoms with Crippen molar-refractivity contribution in [1.29, 1.82) is 0 Å². The molecule has 47 heavy (non-hydrogen) atoms. The number of allylic oxidation sites excluding steroid dienone is 1. The number of nitrogens with zero attached hydrogens (tertiary/aromatic N) is 3. The van der Waals surface area contributed by atoms with Crippen LogP contribution in [0.15, 0.2) is 36.4 Å². The van der Waals surface area contributed by atoms with Crippen molar-refractivity contribution < 1.29 is 33.8 Å². The first-order valence-corrected chi connectivity index (χ1v) is 16.0. The number of carboxylic acid groups (broad SMARTS) is 1. The van der Waals surface area contributed by atoms with Crippen molar-refractivity contribution in [3.8, 4) is 18.2 Å². The summed E-state index contributed by atoms with van der Waals surface area (Å²) in [6.45, 7) is 5.33. The molecular formula is C34H42N6O7. The molecule has 250 valence electrons. The molecule has 3 amide bonds. The van der Waals surface area contributed by atoms with Crippen molar-refractivity contribution in [2.24, 2.45) is 5.92 Å². The number of fused-ring (bicyclic) bond motifs is 3. The molecule has 3 heterocycles. The number of alkyl carbamates (subject to hydrolysis) is 1. The number of carbonyl (C=O) groups excluding carboxylic acids is 3. The molecule has 5 rings (SSSR count). The Hall–Kier alpha value is -4.86. The maximum atomic E-state index is 14.2. The topological polar surface area (TPSA) is 172 Å². The zero-order chi connectivity index (χ0) is 33.8. The van der Waals surface area contributed by atoms with E-state index in [1.54, 1.807) is 32.9 Å². The van der Waals surface area contributed by atoms with Crippen LogP contribution in [0.3, 0.4) is 0 Å². The van der Waals surface area contributed by atoms with Gasteiger partial charge in [0, 0.05) is 12.3 Å². The van der Waals surface area contributed by atoms with Gasteiger partial charge in [0.25, 0.3) is 5.88 Å². The Morgan fingerprint density at radius 2 is 1.91 bits per heavy atom. The number of anilines is 1. The lowest BCUT2D eigenvalue weighted by Crippen LogP contribution is -2.56. The molecule has 0 radical (unpaired) electrons. The zero-order valence-corrected chi connectivity index (χ0v) is 27.0. The fourth-order valence-electron chi connectivity index (χ4n) is 6.07. The maximum Gasteiger partial charge on any atom is 0.408 e. The van der Waals surface area contributed by atoms with Crippen LogP contribution in [0.25, 0.3) is 11.0 Å². The van der Waals surface area contributed by atoms with Crippen LogP contribution in [0.1, 0.15) is 65.7 Å². The van der Waals surface area contributed by atoms with Gasteiger partial charge < -0.3 is 35.4 Å². The molecule has 1 aromatic carbocycles. The van der Waals surface area contributed by atoms with E-state index in [0.29, 0.717) is 29.7 Å². The van der Waals surface area contributed by atoms with Crippen molar-refractivity contribution in [2.45, 2.75) is 95.0 Å². The molecule has 4 N–H and O–H groups in total. The number of rotatable bonds is 6. The lowest BCUT2D eigenvalue weighted by Gasteiger charge is -2.30. The summed E-state index contributed by atoms with van der Waals surface area (Å²) in [5.41, 5.74) is -1.04. The Balaban J connectivity index is 1.46. The normalized spacial score (nSPS) is 27.1. The van der Waals surface area contributed by atoms with Gasteiger partial charge in [-0.05, 0) is 58.6 Å². The summed E-state index contributed by atoms with van der Waals surface area (Å²) < 4.78 is 11.8. The van der Waals surface area contributed by atoms with Crippen molar-refractivity contribution in [1.82, 2.24) is 25.5 Å². The van der Waals surface area contributed by atoms with E-state index in [2.05, 4.69) is 31.8 Å². The van der Waals surface area contributed by atoms with Crippen molar-refractivity contribution >= 4 is 40.7 Å². The Bertz CT molecular complexity index is 1600. The lowest BCUT2D eigenvalue weighted by molar-refractivity contribution is -0.145. The monoisotopic (exact) mass is 646 g/mol. The van der Waals surface area contributed by atoms with Gasteiger partial charge in [-0.3, -0.25) is 9.59 Å². The van der Waals surface area contributed by atoms with E-state index < -0.39 is 53.2 Å². The SMILES string of the molecule is C#CCNc1nc2ccccc2nc1O[C@@H]1CC2C(=O)NC3(C(=O)O)CC3/C=C\CCCCC[C@H](NC(=O)OC(C)(C)C)C(=O)N2C1. The average molecular weight is 647 g/mol. The number of hydrogen-bond acceptors (Lipinski definition) is 9. The second kappa shape index (κ2) is 13.9. The second-order valence-electron chi connectivity index (χ2n) is 13.2. The fraction of sp³-hybridized carbons (Fsp3) is 0.529. The van der Waals surface area contributed by atoms with E-state index in [-0.39, 0.29) is 37.7 Å². The minimum Gasteiger partial charge on any atom is -0.479 e. The molecule has 2 aromatic rings. The van der Waals surface area contributed by atoms with Gasteiger partial charge in [-0.2, -0.15) is 0 Å². The molecule has 1 aliphatic carbocycles. The van der Waals surface area contributed by atoms with E-state index >= 15 is 0 Å². The third kappa shape index (κ3) is 7.93. The number of aromatic nitrogens is 2. The molecule has 0 bridgehead atoms. The quantitative estimate of drug-likeness (QED) is 0.269. The van der Waals surface area contributed by atoms with E-state index in [9.17, 15) is 24.3 Å². The summed E-state index contributed by atoms with van der Waals surface area (Å²) in [4.78, 5) is 64.0. The minimum absolute atomic E-state index is 0.0179. The number of ether oxygens (including phenoxy) is 2. The minimum atomic E-state index is -1.45. The number of benzene rings is 1. The van der Waals surface area contributed by atoms with E-state index in [1.807, 2.05) is 24.3 Å². The van der Waals surface area contributed by atoms with Gasteiger partial charge in [0.05, 0.1) is 24.1 Å². The van der Waals surface area contributed by atoms with Crippen LogP contribution in [-0.2, 0) is 19.1 Å². The molecule has 1 aromatic heterocycles. The Labute approximate surface area is 273 Å². The molecule has 1 saturated heterocycles. The summed E-state index contributed by atoms with van der Waals surface area (Å²) in [5, 5.41) is 18.6. The first-order valence-electron chi connectivity index (χ1n) is 16.0. The Morgan fingerprint density at radius 1 is 1.17 bits per heavy atom. The highest BCUT2D eigenvalue weighted by atomic mass is 16.6. The van der Waals surface area contributed by atoms with Gasteiger partial charge in [-0.15, -0.1) is 6.42 Å². The molecule has 2 aliphatic heterocycles. The molecule has 13 heteroatoms. The number of amides is 3. The smallest absolute Gasteiger partial charge is 0.408 e. The van der Waals surface area contributed by atoms with Gasteiger partial charge >= 0.3 is 12.1 Å². The van der Waals surface area contributed by atoms with Gasteiger partial charge in [-0.25, -0.2) is 19.6 Å². The number of hydrogen-bond donors (Lipinski definition) is 4. The summed E-state index contributed by atoms with van der Waals surface area (Å²) >= 11 is 0. The molecule has 13 nitrogen and oxygen atoms in total. The molecule has 0 spiro atoms. The van der Waals surface area contributed by atoms with Crippen molar-refractivity contribution in [3.63, 3.8) is 0 Å². The number of aliphatic carboxylic acids is 1. The van der Waals surface area contributed by atoms with Gasteiger partial charge in [0.2, 0.25) is 11.8 Å². The summed E-state index contributed by atoms with van der Waals surface area (Å²) in [7, 11) is 0. The van der Waals surface area contributed by atoms with Crippen LogP contribution in [0.2, 0.25) is 0 Å². The lowest BCUT2D eigenvalue weighted by atomic mass is 10.0. The van der Waals surface area contributed by atoms with Crippen LogP contribution in [-0.4, -0.2) is 86.3 Å². The summed E-state index contributed by atoms with van der Waals surface area (Å²) in [5.74, 6) is 0.385. The van der Waals surface area contributed by atoms with Gasteiger partial charge in [0.15, 0.2) is 5.82 Å². The molecule has 2 fully saturated rings. The highest BCUT2D eigenvalue weighted by Gasteiger charge is 2.61. The van der Waals surface area contributed by atoms with Gasteiger partial charge in [0.1, 0.15) is 29.3 Å². The predicted octanol–water partition coefficient (Wildman–Crippen LogP) is 3.40. The third-order valence-corrected chi connectivity index (χ3v) is 8.49. The number of carbonyl (C=O) groups is 4. The highest BCUT2D eigenvalue weighted by Crippen LogP contribution is 2.45. The number of para-hydroxylation sites is 2. The molecule has 3 aliphatic rings.